The molecule has 154 valence electrons. The number of aromatic carboxylic acids is 1. The Morgan fingerprint density at radius 1 is 1.07 bits per heavy atom. The first-order chi connectivity index (χ1) is 13.8. The van der Waals surface area contributed by atoms with E-state index in [-0.39, 0.29) is 11.3 Å². The lowest BCUT2D eigenvalue weighted by Crippen LogP contribution is -2.30. The Morgan fingerprint density at radius 2 is 1.79 bits per heavy atom. The van der Waals surface area contributed by atoms with Crippen LogP contribution in [0.5, 0.6) is 17.2 Å². The summed E-state index contributed by atoms with van der Waals surface area (Å²) >= 11 is 0. The van der Waals surface area contributed by atoms with Crippen molar-refractivity contribution in [2.45, 2.75) is 6.42 Å². The van der Waals surface area contributed by atoms with Gasteiger partial charge in [0.25, 0.3) is 5.91 Å². The molecule has 0 aliphatic carbocycles. The minimum absolute atomic E-state index is 0.181. The Hall–Kier alpha value is -3.82. The van der Waals surface area contributed by atoms with E-state index in [9.17, 15) is 19.7 Å². The highest BCUT2D eigenvalue weighted by Crippen LogP contribution is 2.28. The SMILES string of the molecule is COc1ccc(CCNC(=O)COc2cc(C(=O)O)ccc2[N+](=O)[O-])cc1OC. The summed E-state index contributed by atoms with van der Waals surface area (Å²) in [5, 5.41) is 22.7. The molecule has 0 radical (unpaired) electrons. The van der Waals surface area contributed by atoms with Gasteiger partial charge in [-0.1, -0.05) is 6.07 Å². The number of rotatable bonds is 10. The fourth-order valence-electron chi connectivity index (χ4n) is 2.49. The molecule has 0 saturated heterocycles. The van der Waals surface area contributed by atoms with Crippen molar-refractivity contribution >= 4 is 17.6 Å². The van der Waals surface area contributed by atoms with Crippen molar-refractivity contribution < 1.29 is 33.8 Å². The molecule has 0 fully saturated rings. The second kappa shape index (κ2) is 9.93. The molecule has 2 aromatic carbocycles. The first kappa shape index (κ1) is 21.5. The number of carbonyl (C=O) groups is 2. The Bertz CT molecular complexity index is 913. The van der Waals surface area contributed by atoms with Gasteiger partial charge in [-0.05, 0) is 30.2 Å². The molecular weight excluding hydrogens is 384 g/mol. The molecule has 0 unspecified atom stereocenters. The molecule has 0 aromatic heterocycles. The third-order valence-electron chi connectivity index (χ3n) is 3.95. The number of methoxy groups -OCH3 is 2. The molecule has 10 nitrogen and oxygen atoms in total. The van der Waals surface area contributed by atoms with Gasteiger partial charge in [0.15, 0.2) is 23.9 Å². The van der Waals surface area contributed by atoms with E-state index in [4.69, 9.17) is 19.3 Å². The quantitative estimate of drug-likeness (QED) is 0.453. The van der Waals surface area contributed by atoms with Gasteiger partial charge in [-0.25, -0.2) is 4.79 Å². The van der Waals surface area contributed by atoms with E-state index in [0.717, 1.165) is 23.8 Å². The topological polar surface area (TPSA) is 137 Å². The zero-order valence-electron chi connectivity index (χ0n) is 15.8. The minimum atomic E-state index is -1.26. The zero-order valence-corrected chi connectivity index (χ0v) is 15.8. The van der Waals surface area contributed by atoms with Crippen LogP contribution >= 0.6 is 0 Å². The lowest BCUT2D eigenvalue weighted by molar-refractivity contribution is -0.385. The van der Waals surface area contributed by atoms with Crippen LogP contribution < -0.4 is 19.5 Å². The maximum atomic E-state index is 12.0. The van der Waals surface area contributed by atoms with Crippen LogP contribution in [0.2, 0.25) is 0 Å². The van der Waals surface area contributed by atoms with E-state index in [1.54, 1.807) is 12.1 Å². The zero-order chi connectivity index (χ0) is 21.4. The fraction of sp³-hybridized carbons (Fsp3) is 0.263. The van der Waals surface area contributed by atoms with Gasteiger partial charge in [-0.2, -0.15) is 0 Å². The van der Waals surface area contributed by atoms with Crippen molar-refractivity contribution in [3.05, 3.63) is 57.6 Å². The van der Waals surface area contributed by atoms with E-state index >= 15 is 0 Å². The number of nitro benzene ring substituents is 1. The Morgan fingerprint density at radius 3 is 2.41 bits per heavy atom. The first-order valence-corrected chi connectivity index (χ1v) is 8.47. The van der Waals surface area contributed by atoms with Gasteiger partial charge >= 0.3 is 11.7 Å². The van der Waals surface area contributed by atoms with Gasteiger partial charge in [-0.15, -0.1) is 0 Å². The van der Waals surface area contributed by atoms with Crippen molar-refractivity contribution in [1.29, 1.82) is 0 Å². The number of nitrogens with zero attached hydrogens (tertiary/aromatic N) is 1. The number of ether oxygens (including phenoxy) is 3. The number of hydrogen-bond donors (Lipinski definition) is 2. The van der Waals surface area contributed by atoms with Gasteiger partial charge in [-0.3, -0.25) is 14.9 Å². The number of carboxylic acids is 1. The maximum absolute atomic E-state index is 12.0. The molecule has 0 aliphatic rings. The molecule has 2 rings (SSSR count). The summed E-state index contributed by atoms with van der Waals surface area (Å²) < 4.78 is 15.5. The first-order valence-electron chi connectivity index (χ1n) is 8.47. The van der Waals surface area contributed by atoms with Crippen LogP contribution in [0, 0.1) is 10.1 Å². The molecule has 0 saturated carbocycles. The Kier molecular flexibility index (Phi) is 7.35. The Labute approximate surface area is 166 Å². The summed E-state index contributed by atoms with van der Waals surface area (Å²) in [5.74, 6) is -0.876. The molecule has 0 bridgehead atoms. The predicted molar refractivity (Wildman–Crippen MR) is 102 cm³/mol. The van der Waals surface area contributed by atoms with Crippen molar-refractivity contribution in [2.24, 2.45) is 0 Å². The Balaban J connectivity index is 1.91. The van der Waals surface area contributed by atoms with Crippen molar-refractivity contribution in [3.8, 4) is 17.2 Å². The normalized spacial score (nSPS) is 10.1. The highest BCUT2D eigenvalue weighted by molar-refractivity contribution is 5.88. The highest BCUT2D eigenvalue weighted by Gasteiger charge is 2.19. The number of nitro groups is 1. The summed E-state index contributed by atoms with van der Waals surface area (Å²) in [6.07, 6.45) is 0.515. The summed E-state index contributed by atoms with van der Waals surface area (Å²) in [6, 6.07) is 8.52. The number of benzene rings is 2. The molecule has 1 amide bonds. The molecule has 2 N–H and O–H groups in total. The third-order valence-corrected chi connectivity index (χ3v) is 3.95. The summed E-state index contributed by atoms with van der Waals surface area (Å²) in [6.45, 7) is -0.190. The molecule has 0 atom stereocenters. The van der Waals surface area contributed by atoms with E-state index in [1.807, 2.05) is 6.07 Å². The van der Waals surface area contributed by atoms with Crippen molar-refractivity contribution in [2.75, 3.05) is 27.4 Å². The third kappa shape index (κ3) is 5.83. The van der Waals surface area contributed by atoms with Gasteiger partial charge in [0.1, 0.15) is 0 Å². The van der Waals surface area contributed by atoms with Crippen molar-refractivity contribution in [1.82, 2.24) is 5.32 Å². The van der Waals surface area contributed by atoms with Gasteiger partial charge < -0.3 is 24.6 Å². The highest BCUT2D eigenvalue weighted by atomic mass is 16.6. The lowest BCUT2D eigenvalue weighted by atomic mass is 10.1. The monoisotopic (exact) mass is 404 g/mol. The number of hydrogen-bond acceptors (Lipinski definition) is 7. The molecule has 10 heteroatoms. The van der Waals surface area contributed by atoms with Crippen LogP contribution in [0.4, 0.5) is 5.69 Å². The number of amides is 1. The fourth-order valence-corrected chi connectivity index (χ4v) is 2.49. The van der Waals surface area contributed by atoms with E-state index < -0.39 is 29.1 Å². The van der Waals surface area contributed by atoms with E-state index in [2.05, 4.69) is 5.32 Å². The van der Waals surface area contributed by atoms with Gasteiger partial charge in [0.2, 0.25) is 0 Å². The standard InChI is InChI=1S/C19H20N2O8/c1-27-15-6-3-12(9-17(15)28-2)7-8-20-18(22)11-29-16-10-13(19(23)24)4-5-14(16)21(25)26/h3-6,9-10H,7-8,11H2,1-2H3,(H,20,22)(H,23,24). The molecule has 0 heterocycles. The largest absolute Gasteiger partial charge is 0.493 e. The number of carbonyl (C=O) groups excluding carboxylic acids is 1. The smallest absolute Gasteiger partial charge is 0.335 e. The number of nitrogens with one attached hydrogen (secondary N) is 1. The van der Waals surface area contributed by atoms with Crippen molar-refractivity contribution in [3.63, 3.8) is 0 Å². The predicted octanol–water partition coefficient (Wildman–Crippen LogP) is 2.05. The van der Waals surface area contributed by atoms with Crippen LogP contribution in [0.25, 0.3) is 0 Å². The average molecular weight is 404 g/mol. The van der Waals surface area contributed by atoms with Crippen LogP contribution in [-0.4, -0.2) is 49.3 Å². The summed E-state index contributed by atoms with van der Waals surface area (Å²) in [5.41, 5.74) is 0.307. The second-order valence-corrected chi connectivity index (χ2v) is 5.82. The average Bonchev–Trinajstić information content (AvgIpc) is 2.71. The van der Waals surface area contributed by atoms with Crippen LogP contribution in [0.3, 0.4) is 0 Å². The van der Waals surface area contributed by atoms with Crippen LogP contribution in [0.15, 0.2) is 36.4 Å². The minimum Gasteiger partial charge on any atom is -0.493 e. The summed E-state index contributed by atoms with van der Waals surface area (Å²) in [7, 11) is 3.06. The molecule has 29 heavy (non-hydrogen) atoms. The van der Waals surface area contributed by atoms with E-state index in [0.29, 0.717) is 24.5 Å². The second-order valence-electron chi connectivity index (χ2n) is 5.82. The van der Waals surface area contributed by atoms with Gasteiger partial charge in [0.05, 0.1) is 24.7 Å². The molecule has 2 aromatic rings. The van der Waals surface area contributed by atoms with Crippen LogP contribution in [-0.2, 0) is 11.2 Å². The lowest BCUT2D eigenvalue weighted by Gasteiger charge is -2.11. The molecular formula is C19H20N2O8. The number of carboxylic acid groups (broad SMARTS) is 1. The molecule has 0 aliphatic heterocycles. The van der Waals surface area contributed by atoms with E-state index in [1.165, 1.54) is 14.2 Å². The van der Waals surface area contributed by atoms with Crippen LogP contribution in [0.1, 0.15) is 15.9 Å². The molecule has 0 spiro atoms. The van der Waals surface area contributed by atoms with Gasteiger partial charge in [0, 0.05) is 18.7 Å². The summed E-state index contributed by atoms with van der Waals surface area (Å²) in [4.78, 5) is 33.3. The maximum Gasteiger partial charge on any atom is 0.335 e.